The topological polar surface area (TPSA) is 93.0 Å². The van der Waals surface area contributed by atoms with Crippen molar-refractivity contribution >= 4 is 40.2 Å². The van der Waals surface area contributed by atoms with Gasteiger partial charge in [0.1, 0.15) is 12.0 Å². The first-order valence-electron chi connectivity index (χ1n) is 9.64. The molecule has 0 radical (unpaired) electrons. The molecular weight excluding hydrogens is 418 g/mol. The van der Waals surface area contributed by atoms with Crippen LogP contribution in [0.5, 0.6) is 0 Å². The third-order valence-electron chi connectivity index (χ3n) is 5.60. The van der Waals surface area contributed by atoms with Crippen molar-refractivity contribution < 1.29 is 19.3 Å². The second kappa shape index (κ2) is 7.29. The lowest BCUT2D eigenvalue weighted by molar-refractivity contribution is -0.384. The van der Waals surface area contributed by atoms with Crippen LogP contribution < -0.4 is 9.96 Å². The molecule has 2 aromatic carbocycles. The van der Waals surface area contributed by atoms with Crippen LogP contribution in [-0.2, 0) is 14.4 Å². The van der Waals surface area contributed by atoms with Gasteiger partial charge in [0.05, 0.1) is 16.3 Å². The summed E-state index contributed by atoms with van der Waals surface area (Å²) >= 11 is 1.49. The van der Waals surface area contributed by atoms with E-state index in [0.717, 1.165) is 21.0 Å². The van der Waals surface area contributed by atoms with Crippen LogP contribution in [0.4, 0.5) is 17.1 Å². The fourth-order valence-corrected chi connectivity index (χ4v) is 5.04. The van der Waals surface area contributed by atoms with Gasteiger partial charge >= 0.3 is 0 Å². The molecule has 3 unspecified atom stereocenters. The van der Waals surface area contributed by atoms with Crippen LogP contribution in [-0.4, -0.2) is 22.8 Å². The van der Waals surface area contributed by atoms with Crippen LogP contribution in [0, 0.1) is 23.0 Å². The van der Waals surface area contributed by atoms with Crippen LogP contribution >= 0.6 is 11.3 Å². The van der Waals surface area contributed by atoms with E-state index in [9.17, 15) is 19.7 Å². The number of rotatable bonds is 4. The van der Waals surface area contributed by atoms with Crippen molar-refractivity contribution in [1.29, 1.82) is 0 Å². The highest BCUT2D eigenvalue weighted by molar-refractivity contribution is 7.10. The zero-order chi connectivity index (χ0) is 21.7. The van der Waals surface area contributed by atoms with Gasteiger partial charge in [-0.2, -0.15) is 0 Å². The molecule has 5 rings (SSSR count). The molecule has 0 spiro atoms. The number of imide groups is 1. The maximum atomic E-state index is 13.5. The van der Waals surface area contributed by atoms with Crippen molar-refractivity contribution in [1.82, 2.24) is 0 Å². The van der Waals surface area contributed by atoms with Crippen molar-refractivity contribution in [2.75, 3.05) is 9.96 Å². The predicted octanol–water partition coefficient (Wildman–Crippen LogP) is 4.02. The summed E-state index contributed by atoms with van der Waals surface area (Å²) in [5.41, 5.74) is 1.74. The number of benzene rings is 2. The summed E-state index contributed by atoms with van der Waals surface area (Å²) in [6.07, 6.45) is -1.00. The fourth-order valence-electron chi connectivity index (χ4n) is 4.18. The molecule has 2 amide bonds. The third-order valence-corrected chi connectivity index (χ3v) is 6.54. The Balaban J connectivity index is 1.57. The molecule has 3 heterocycles. The molecule has 2 aliphatic heterocycles. The second-order valence-electron chi connectivity index (χ2n) is 7.41. The van der Waals surface area contributed by atoms with E-state index in [2.05, 4.69) is 0 Å². The number of amides is 2. The quantitative estimate of drug-likeness (QED) is 0.349. The number of carbonyl (C=O) groups is 2. The van der Waals surface area contributed by atoms with Crippen molar-refractivity contribution in [2.45, 2.75) is 19.1 Å². The Labute approximate surface area is 181 Å². The van der Waals surface area contributed by atoms with Crippen LogP contribution in [0.3, 0.4) is 0 Å². The molecule has 2 aliphatic rings. The van der Waals surface area contributed by atoms with Gasteiger partial charge in [0, 0.05) is 17.0 Å². The SMILES string of the molecule is Cc1ccccc1N1OC2C(=O)N(c3cccc([N+](=O)[O-])c3)C(=O)C2C1c1cccs1. The van der Waals surface area contributed by atoms with Gasteiger partial charge in [0.2, 0.25) is 5.91 Å². The monoisotopic (exact) mass is 435 g/mol. The van der Waals surface area contributed by atoms with E-state index in [1.807, 2.05) is 48.7 Å². The van der Waals surface area contributed by atoms with Crippen molar-refractivity contribution in [3.05, 3.63) is 86.6 Å². The van der Waals surface area contributed by atoms with Crippen molar-refractivity contribution in [2.24, 2.45) is 5.92 Å². The maximum Gasteiger partial charge on any atom is 0.271 e. The summed E-state index contributed by atoms with van der Waals surface area (Å²) in [6, 6.07) is 16.5. The van der Waals surface area contributed by atoms with E-state index in [0.29, 0.717) is 0 Å². The Hall–Kier alpha value is -3.56. The standard InChI is InChI=1S/C22H17N3O5S/c1-13-6-2-3-9-16(13)24-19(17-10-5-11-31-17)18-20(30-24)22(27)23(21(18)26)14-7-4-8-15(12-14)25(28)29/h2-12,18-20H,1H3. The normalized spacial score (nSPS) is 22.8. The van der Waals surface area contributed by atoms with Gasteiger partial charge in [-0.15, -0.1) is 11.3 Å². The van der Waals surface area contributed by atoms with Gasteiger partial charge in [-0.05, 0) is 36.1 Å². The molecule has 1 aromatic heterocycles. The molecule has 3 atom stereocenters. The van der Waals surface area contributed by atoms with Gasteiger partial charge in [-0.25, -0.2) is 9.96 Å². The minimum Gasteiger partial charge on any atom is -0.273 e. The number of hydroxylamine groups is 1. The molecule has 156 valence electrons. The number of fused-ring (bicyclic) bond motifs is 1. The van der Waals surface area contributed by atoms with Gasteiger partial charge in [-0.1, -0.05) is 30.3 Å². The van der Waals surface area contributed by atoms with E-state index in [-0.39, 0.29) is 11.4 Å². The Morgan fingerprint density at radius 1 is 1.03 bits per heavy atom. The molecule has 0 bridgehead atoms. The van der Waals surface area contributed by atoms with Crippen LogP contribution in [0.15, 0.2) is 66.0 Å². The van der Waals surface area contributed by atoms with Crippen LogP contribution in [0.25, 0.3) is 0 Å². The molecular formula is C22H17N3O5S. The molecule has 2 fully saturated rings. The minimum atomic E-state index is -1.00. The average Bonchev–Trinajstić information content (AvgIpc) is 3.46. The number of nitro groups is 1. The summed E-state index contributed by atoms with van der Waals surface area (Å²) in [4.78, 5) is 45.3. The summed E-state index contributed by atoms with van der Waals surface area (Å²) < 4.78 is 0. The zero-order valence-corrected chi connectivity index (χ0v) is 17.2. The summed E-state index contributed by atoms with van der Waals surface area (Å²) in [6.45, 7) is 1.94. The van der Waals surface area contributed by atoms with E-state index in [1.165, 1.54) is 35.6 Å². The fraction of sp³-hybridized carbons (Fsp3) is 0.182. The first-order chi connectivity index (χ1) is 15.0. The summed E-state index contributed by atoms with van der Waals surface area (Å²) in [5.74, 6) is -1.71. The molecule has 9 heteroatoms. The van der Waals surface area contributed by atoms with Gasteiger partial charge in [0.25, 0.3) is 11.6 Å². The first-order valence-corrected chi connectivity index (χ1v) is 10.5. The maximum absolute atomic E-state index is 13.5. The number of thiophene rings is 1. The minimum absolute atomic E-state index is 0.176. The highest BCUT2D eigenvalue weighted by Gasteiger charge is 2.60. The number of non-ortho nitro benzene ring substituents is 1. The number of hydrogen-bond donors (Lipinski definition) is 0. The molecule has 8 nitrogen and oxygen atoms in total. The van der Waals surface area contributed by atoms with Crippen LogP contribution in [0.1, 0.15) is 16.5 Å². The zero-order valence-electron chi connectivity index (χ0n) is 16.4. The number of aryl methyl sites for hydroxylation is 1. The molecule has 0 aliphatic carbocycles. The molecule has 0 saturated carbocycles. The summed E-state index contributed by atoms with van der Waals surface area (Å²) in [7, 11) is 0. The lowest BCUT2D eigenvalue weighted by Gasteiger charge is -2.28. The average molecular weight is 435 g/mol. The smallest absolute Gasteiger partial charge is 0.271 e. The van der Waals surface area contributed by atoms with Crippen molar-refractivity contribution in [3.8, 4) is 0 Å². The lowest BCUT2D eigenvalue weighted by atomic mass is 9.95. The number of anilines is 2. The van der Waals surface area contributed by atoms with E-state index >= 15 is 0 Å². The third kappa shape index (κ3) is 3.01. The predicted molar refractivity (Wildman–Crippen MR) is 115 cm³/mol. The van der Waals surface area contributed by atoms with E-state index in [4.69, 9.17) is 4.84 Å². The number of para-hydroxylation sites is 1. The number of carbonyl (C=O) groups excluding carboxylic acids is 2. The van der Waals surface area contributed by atoms with Gasteiger partial charge < -0.3 is 0 Å². The van der Waals surface area contributed by atoms with E-state index < -0.39 is 34.8 Å². The Bertz CT molecular complexity index is 1200. The Kier molecular flexibility index (Phi) is 4.57. The van der Waals surface area contributed by atoms with Gasteiger partial charge in [0.15, 0.2) is 6.10 Å². The molecule has 3 aromatic rings. The van der Waals surface area contributed by atoms with Gasteiger partial charge in [-0.3, -0.25) is 24.5 Å². The Morgan fingerprint density at radius 3 is 2.55 bits per heavy atom. The lowest BCUT2D eigenvalue weighted by Crippen LogP contribution is -2.37. The second-order valence-corrected chi connectivity index (χ2v) is 8.39. The molecule has 2 saturated heterocycles. The number of hydrogen-bond acceptors (Lipinski definition) is 7. The summed E-state index contributed by atoms with van der Waals surface area (Å²) in [5, 5.41) is 14.7. The Morgan fingerprint density at radius 2 is 1.84 bits per heavy atom. The molecule has 31 heavy (non-hydrogen) atoms. The van der Waals surface area contributed by atoms with E-state index in [1.54, 1.807) is 5.06 Å². The first kappa shape index (κ1) is 19.4. The highest BCUT2D eigenvalue weighted by Crippen LogP contribution is 2.49. The highest BCUT2D eigenvalue weighted by atomic mass is 32.1. The van der Waals surface area contributed by atoms with Crippen molar-refractivity contribution in [3.63, 3.8) is 0 Å². The number of nitrogens with zero attached hydrogens (tertiary/aromatic N) is 3. The van der Waals surface area contributed by atoms with Crippen LogP contribution in [0.2, 0.25) is 0 Å². The number of nitro benzene ring substituents is 1. The largest absolute Gasteiger partial charge is 0.273 e. The molecule has 0 N–H and O–H groups in total.